The van der Waals surface area contributed by atoms with Crippen LogP contribution in [0.4, 0.5) is 0 Å². The van der Waals surface area contributed by atoms with Crippen molar-refractivity contribution in [1.82, 2.24) is 4.90 Å². The van der Waals surface area contributed by atoms with E-state index in [0.717, 1.165) is 0 Å². The zero-order valence-corrected chi connectivity index (χ0v) is 7.78. The Labute approximate surface area is 76.3 Å². The molecule has 0 aliphatic carbocycles. The van der Waals surface area contributed by atoms with E-state index in [1.54, 1.807) is 0 Å². The van der Waals surface area contributed by atoms with E-state index in [1.807, 2.05) is 0 Å². The number of nitrogens with zero attached hydrogens (tertiary/aromatic N) is 1. The summed E-state index contributed by atoms with van der Waals surface area (Å²) in [4.78, 5) is 2.45. The van der Waals surface area contributed by atoms with Gasteiger partial charge in [-0.05, 0) is 40.3 Å². The number of rotatable bonds is 0. The predicted octanol–water partition coefficient (Wildman–Crippen LogP) is -1.12. The summed E-state index contributed by atoms with van der Waals surface area (Å²) in [6.45, 7) is 5.94. The molecule has 1 nitrogen and oxygen atoms in total. The molecule has 0 aromatic heterocycles. The fourth-order valence-corrected chi connectivity index (χ4v) is 1.40. The molecule has 0 N–H and O–H groups in total. The molecular weight excluding hydrogens is 117 g/mol. The Balaban J connectivity index is 0.000000810. The van der Waals surface area contributed by atoms with E-state index in [2.05, 4.69) is 25.8 Å². The van der Waals surface area contributed by atoms with Crippen LogP contribution < -0.4 is 18.9 Å². The van der Waals surface area contributed by atoms with Crippen molar-refractivity contribution < 1.29 is 18.9 Å². The molecular formula is C8H17LiN+. The maximum atomic E-state index is 2.45. The summed E-state index contributed by atoms with van der Waals surface area (Å²) in [5, 5.41) is 0. The van der Waals surface area contributed by atoms with E-state index in [0.29, 0.717) is 5.54 Å². The van der Waals surface area contributed by atoms with Crippen LogP contribution in [-0.4, -0.2) is 24.0 Å². The van der Waals surface area contributed by atoms with Crippen LogP contribution in [0.5, 0.6) is 0 Å². The van der Waals surface area contributed by atoms with Crippen molar-refractivity contribution in [1.29, 1.82) is 0 Å². The van der Waals surface area contributed by atoms with Crippen molar-refractivity contribution in [2.45, 2.75) is 38.6 Å². The van der Waals surface area contributed by atoms with Crippen molar-refractivity contribution in [3.05, 3.63) is 0 Å². The Morgan fingerprint density at radius 2 is 1.80 bits per heavy atom. The smallest absolute Gasteiger partial charge is 0.301 e. The Morgan fingerprint density at radius 3 is 2.10 bits per heavy atom. The van der Waals surface area contributed by atoms with Gasteiger partial charge in [-0.1, -0.05) is 6.42 Å². The number of hydrogen-bond acceptors (Lipinski definition) is 1. The maximum Gasteiger partial charge on any atom is 1.00 e. The van der Waals surface area contributed by atoms with Gasteiger partial charge < -0.3 is 4.90 Å². The topological polar surface area (TPSA) is 3.24 Å². The molecule has 0 amide bonds. The monoisotopic (exact) mass is 134 g/mol. The van der Waals surface area contributed by atoms with Gasteiger partial charge in [-0.15, -0.1) is 0 Å². The summed E-state index contributed by atoms with van der Waals surface area (Å²) in [7, 11) is 2.22. The molecule has 1 aliphatic heterocycles. The van der Waals surface area contributed by atoms with Gasteiger partial charge in [-0.3, -0.25) is 0 Å². The molecule has 1 aliphatic rings. The molecule has 0 unspecified atom stereocenters. The van der Waals surface area contributed by atoms with Crippen LogP contribution in [0.25, 0.3) is 0 Å². The van der Waals surface area contributed by atoms with Crippen LogP contribution >= 0.6 is 0 Å². The van der Waals surface area contributed by atoms with Crippen molar-refractivity contribution in [2.75, 3.05) is 13.6 Å². The van der Waals surface area contributed by atoms with Crippen LogP contribution in [0.2, 0.25) is 0 Å². The van der Waals surface area contributed by atoms with Gasteiger partial charge in [0.2, 0.25) is 0 Å². The predicted molar refractivity (Wildman–Crippen MR) is 40.6 cm³/mol. The molecule has 1 fully saturated rings. The molecule has 0 bridgehead atoms. The minimum absolute atomic E-state index is 0. The van der Waals surface area contributed by atoms with E-state index in [1.165, 1.54) is 25.8 Å². The van der Waals surface area contributed by atoms with E-state index in [4.69, 9.17) is 0 Å². The molecule has 2 heteroatoms. The van der Waals surface area contributed by atoms with Gasteiger partial charge in [0, 0.05) is 5.54 Å². The average Bonchev–Trinajstić information content (AvgIpc) is 1.77. The number of likely N-dealkylation sites (tertiary alicyclic amines) is 1. The average molecular weight is 134 g/mol. The van der Waals surface area contributed by atoms with Gasteiger partial charge in [0.15, 0.2) is 0 Å². The van der Waals surface area contributed by atoms with Gasteiger partial charge in [-0.2, -0.15) is 0 Å². The van der Waals surface area contributed by atoms with E-state index < -0.39 is 0 Å². The number of piperidine rings is 1. The standard InChI is InChI=1S/C8H17N.Li/c1-8(2)6-4-5-7-9(8)3;/h4-7H2,1-3H3;/q;+1. The van der Waals surface area contributed by atoms with Crippen molar-refractivity contribution in [2.24, 2.45) is 0 Å². The first kappa shape index (κ1) is 10.6. The molecule has 1 saturated heterocycles. The second kappa shape index (κ2) is 3.81. The molecule has 0 aromatic carbocycles. The van der Waals surface area contributed by atoms with Gasteiger partial charge in [0.25, 0.3) is 0 Å². The molecule has 1 heterocycles. The molecule has 0 saturated carbocycles. The fourth-order valence-electron chi connectivity index (χ4n) is 1.40. The first-order chi connectivity index (χ1) is 4.13. The fraction of sp³-hybridized carbons (Fsp3) is 1.00. The van der Waals surface area contributed by atoms with Crippen LogP contribution in [-0.2, 0) is 0 Å². The third-order valence-corrected chi connectivity index (χ3v) is 2.57. The van der Waals surface area contributed by atoms with Gasteiger partial charge >= 0.3 is 18.9 Å². The minimum Gasteiger partial charge on any atom is -0.301 e. The molecule has 0 spiro atoms. The first-order valence-electron chi connectivity index (χ1n) is 3.84. The van der Waals surface area contributed by atoms with Gasteiger partial charge in [0.05, 0.1) is 0 Å². The van der Waals surface area contributed by atoms with E-state index >= 15 is 0 Å². The van der Waals surface area contributed by atoms with Gasteiger partial charge in [-0.25, -0.2) is 0 Å². The molecule has 0 aromatic rings. The molecule has 0 radical (unpaired) electrons. The van der Waals surface area contributed by atoms with Crippen molar-refractivity contribution >= 4 is 0 Å². The summed E-state index contributed by atoms with van der Waals surface area (Å²) in [5.74, 6) is 0. The van der Waals surface area contributed by atoms with Crippen LogP contribution in [0.1, 0.15) is 33.1 Å². The summed E-state index contributed by atoms with van der Waals surface area (Å²) < 4.78 is 0. The zero-order chi connectivity index (χ0) is 6.91. The molecule has 1 rings (SSSR count). The van der Waals surface area contributed by atoms with E-state index in [9.17, 15) is 0 Å². The normalized spacial score (nSPS) is 25.5. The summed E-state index contributed by atoms with van der Waals surface area (Å²) in [6.07, 6.45) is 4.17. The van der Waals surface area contributed by atoms with E-state index in [-0.39, 0.29) is 18.9 Å². The molecule has 10 heavy (non-hydrogen) atoms. The molecule has 0 atom stereocenters. The van der Waals surface area contributed by atoms with Crippen molar-refractivity contribution in [3.63, 3.8) is 0 Å². The summed E-state index contributed by atoms with van der Waals surface area (Å²) in [5.41, 5.74) is 0.470. The van der Waals surface area contributed by atoms with Crippen LogP contribution in [0, 0.1) is 0 Å². The third-order valence-electron chi connectivity index (χ3n) is 2.57. The largest absolute Gasteiger partial charge is 1.00 e. The zero-order valence-electron chi connectivity index (χ0n) is 7.78. The van der Waals surface area contributed by atoms with Crippen LogP contribution in [0.15, 0.2) is 0 Å². The Bertz CT molecular complexity index is 101. The Morgan fingerprint density at radius 1 is 1.20 bits per heavy atom. The van der Waals surface area contributed by atoms with Crippen molar-refractivity contribution in [3.8, 4) is 0 Å². The first-order valence-corrected chi connectivity index (χ1v) is 3.84. The third kappa shape index (κ3) is 2.31. The Hall–Kier alpha value is 0.557. The quantitative estimate of drug-likeness (QED) is 0.379. The second-order valence-corrected chi connectivity index (χ2v) is 3.69. The van der Waals surface area contributed by atoms with Crippen LogP contribution in [0.3, 0.4) is 0 Å². The minimum atomic E-state index is 0. The number of hydrogen-bond donors (Lipinski definition) is 0. The summed E-state index contributed by atoms with van der Waals surface area (Å²) in [6, 6.07) is 0. The Kier molecular flexibility index (Phi) is 4.02. The molecule has 54 valence electrons. The summed E-state index contributed by atoms with van der Waals surface area (Å²) >= 11 is 0. The maximum absolute atomic E-state index is 2.45. The second-order valence-electron chi connectivity index (χ2n) is 3.69. The van der Waals surface area contributed by atoms with Gasteiger partial charge in [0.1, 0.15) is 0 Å². The SMILES string of the molecule is CN1CCCCC1(C)C.[Li+].